The fourth-order valence-corrected chi connectivity index (χ4v) is 8.98. The lowest BCUT2D eigenvalue weighted by molar-refractivity contribution is -0.274. The van der Waals surface area contributed by atoms with E-state index in [9.17, 15) is 27.6 Å². The number of aryl methyl sites for hydroxylation is 4. The summed E-state index contributed by atoms with van der Waals surface area (Å²) < 4.78 is 55.9. The van der Waals surface area contributed by atoms with E-state index in [-0.39, 0.29) is 43.4 Å². The predicted molar refractivity (Wildman–Crippen MR) is 277 cm³/mol. The molecule has 19 nitrogen and oxygen atoms in total. The number of anilines is 4. The van der Waals surface area contributed by atoms with Crippen molar-refractivity contribution in [1.29, 1.82) is 0 Å². The second kappa shape index (κ2) is 26.4. The molecule has 4 aromatic heterocycles. The minimum atomic E-state index is -4.90. The quantitative estimate of drug-likeness (QED) is 0.0264. The van der Waals surface area contributed by atoms with Crippen molar-refractivity contribution in [3.63, 3.8) is 0 Å². The molecule has 0 radical (unpaired) electrons. The van der Waals surface area contributed by atoms with E-state index in [4.69, 9.17) is 15.2 Å². The molecule has 0 aliphatic rings. The highest BCUT2D eigenvalue weighted by Crippen LogP contribution is 2.28. The van der Waals surface area contributed by atoms with Crippen molar-refractivity contribution in [2.45, 2.75) is 116 Å². The number of unbranched alkanes of at least 4 members (excludes halogenated alkanes) is 2. The number of rotatable bonds is 25. The van der Waals surface area contributed by atoms with Crippen LogP contribution in [0.3, 0.4) is 0 Å². The summed E-state index contributed by atoms with van der Waals surface area (Å²) >= 11 is 2.57. The molecule has 0 bridgehead atoms. The first-order chi connectivity index (χ1) is 35.9. The highest BCUT2D eigenvalue weighted by atomic mass is 32.1. The van der Waals surface area contributed by atoms with E-state index in [2.05, 4.69) is 66.8 Å². The van der Waals surface area contributed by atoms with Crippen molar-refractivity contribution in [2.24, 2.45) is 0 Å². The molecule has 0 fully saturated rings. The first kappa shape index (κ1) is 54.9. The molecule has 394 valence electrons. The van der Waals surface area contributed by atoms with Gasteiger partial charge in [0.1, 0.15) is 32.9 Å². The number of carbonyl (C=O) groups is 3. The molecular weight excluding hydrogens is 1010 g/mol. The average molecular weight is 1070 g/mol. The molecule has 7 aromatic rings. The van der Waals surface area contributed by atoms with Crippen LogP contribution in [0, 0.1) is 0 Å². The number of halogens is 3. The molecule has 0 aliphatic heterocycles. The standard InChI is InChI=1S/C51H56F3N13O6S2/c1-50(2,3)73-49(70)56-31-35-24-34(29-43(69)58-47-66-64-45(74-47)18-9-7-15-36-20-22-40(55)62-60-36)26-39(27-35)71-44(30-33-14-11-17-38(25-33)72-51(52,53)54)59-48-67-65-46(75-48)19-10-8-16-37-21-23-41(63-61-37)57-42(68)28-32-12-5-4-6-13-32/h4-6,11-14,17,20-27,44H,7-10,15-16,18-19,28-31H2,1-3H3,(H2,55,62)(H,56,70)(H,59,67)(H,57,63,68)(H,58,66,69). The summed E-state index contributed by atoms with van der Waals surface area (Å²) in [7, 11) is 0. The zero-order valence-corrected chi connectivity index (χ0v) is 43.0. The maximum atomic E-state index is 13.5. The zero-order chi connectivity index (χ0) is 53.2. The normalized spacial score (nSPS) is 11.9. The van der Waals surface area contributed by atoms with Gasteiger partial charge in [0.15, 0.2) is 12.0 Å². The highest BCUT2D eigenvalue weighted by molar-refractivity contribution is 7.15. The number of nitrogen functional groups attached to an aromatic ring is 1. The van der Waals surface area contributed by atoms with Crippen molar-refractivity contribution in [1.82, 2.24) is 46.1 Å². The topological polar surface area (TPSA) is 256 Å². The fraction of sp³-hybridized carbons (Fsp3) is 0.353. The Morgan fingerprint density at radius 3 is 1.89 bits per heavy atom. The summed E-state index contributed by atoms with van der Waals surface area (Å²) in [5.74, 6) is 0.0391. The first-order valence-electron chi connectivity index (χ1n) is 24.0. The van der Waals surface area contributed by atoms with E-state index in [1.165, 1.54) is 40.9 Å². The van der Waals surface area contributed by atoms with Crippen molar-refractivity contribution in [3.8, 4) is 11.5 Å². The van der Waals surface area contributed by atoms with Crippen LogP contribution >= 0.6 is 22.7 Å². The van der Waals surface area contributed by atoms with Gasteiger partial charge in [0.25, 0.3) is 0 Å². The molecule has 3 aromatic carbocycles. The Kier molecular flexibility index (Phi) is 19.3. The number of benzene rings is 3. The average Bonchev–Trinajstić information content (AvgIpc) is 4.00. The monoisotopic (exact) mass is 1070 g/mol. The van der Waals surface area contributed by atoms with Crippen LogP contribution in [0.1, 0.15) is 90.1 Å². The molecule has 0 saturated carbocycles. The number of nitrogens with two attached hydrogens (primary N) is 1. The number of ether oxygens (including phenoxy) is 3. The van der Waals surface area contributed by atoms with Gasteiger partial charge in [-0.05, 0) is 130 Å². The predicted octanol–water partition coefficient (Wildman–Crippen LogP) is 9.03. The highest BCUT2D eigenvalue weighted by Gasteiger charge is 2.31. The molecule has 7 rings (SSSR count). The van der Waals surface area contributed by atoms with Gasteiger partial charge in [0, 0.05) is 25.8 Å². The Balaban J connectivity index is 0.998. The third-order valence-corrected chi connectivity index (χ3v) is 12.4. The lowest BCUT2D eigenvalue weighted by Crippen LogP contribution is -2.32. The van der Waals surface area contributed by atoms with Crippen LogP contribution in [0.15, 0.2) is 97.1 Å². The molecule has 3 amide bonds. The van der Waals surface area contributed by atoms with Crippen molar-refractivity contribution in [3.05, 3.63) is 141 Å². The SMILES string of the molecule is CC(C)(C)OC(=O)NCc1cc(CC(=O)Nc2nnc(CCCCc3ccc(N)nn3)s2)cc(OC(Cc2cccc(OC(F)(F)F)c2)Nc2nnc(CCCCc3ccc(NC(=O)Cc4ccccc4)nn3)s2)c1. The number of alkyl carbamates (subject to hydrolysis) is 1. The van der Waals surface area contributed by atoms with Crippen LogP contribution in [0.2, 0.25) is 0 Å². The second-order valence-corrected chi connectivity index (χ2v) is 20.3. The Labute approximate surface area is 438 Å². The third kappa shape index (κ3) is 19.8. The van der Waals surface area contributed by atoms with Gasteiger partial charge in [-0.25, -0.2) is 4.79 Å². The van der Waals surface area contributed by atoms with Crippen LogP contribution in [-0.2, 0) is 65.8 Å². The molecule has 0 spiro atoms. The summed E-state index contributed by atoms with van der Waals surface area (Å²) in [6.45, 7) is 5.23. The Morgan fingerprint density at radius 2 is 1.23 bits per heavy atom. The number of alkyl halides is 3. The Morgan fingerprint density at radius 1 is 0.613 bits per heavy atom. The molecule has 24 heteroatoms. The largest absolute Gasteiger partial charge is 0.573 e. The number of nitrogens with zero attached hydrogens (tertiary/aromatic N) is 8. The first-order valence-corrected chi connectivity index (χ1v) is 25.6. The lowest BCUT2D eigenvalue weighted by atomic mass is 10.1. The van der Waals surface area contributed by atoms with Gasteiger partial charge in [-0.1, -0.05) is 71.2 Å². The van der Waals surface area contributed by atoms with Crippen molar-refractivity contribution < 1.29 is 41.8 Å². The summed E-state index contributed by atoms with van der Waals surface area (Å²) in [6, 6.07) is 27.2. The zero-order valence-electron chi connectivity index (χ0n) is 41.4. The molecule has 0 aliphatic carbocycles. The molecule has 0 saturated heterocycles. The fourth-order valence-electron chi connectivity index (χ4n) is 7.36. The Hall–Kier alpha value is -7.86. The van der Waals surface area contributed by atoms with E-state index >= 15 is 0 Å². The van der Waals surface area contributed by atoms with Crippen LogP contribution in [0.25, 0.3) is 0 Å². The number of hydrogen-bond donors (Lipinski definition) is 5. The van der Waals surface area contributed by atoms with Gasteiger partial charge in [-0.15, -0.1) is 43.8 Å². The van der Waals surface area contributed by atoms with Gasteiger partial charge in [-0.3, -0.25) is 9.59 Å². The van der Waals surface area contributed by atoms with Crippen molar-refractivity contribution in [2.75, 3.05) is 21.7 Å². The van der Waals surface area contributed by atoms with Gasteiger partial charge in [0.05, 0.1) is 24.2 Å². The van der Waals surface area contributed by atoms with Crippen LogP contribution in [0.4, 0.5) is 39.9 Å². The second-order valence-electron chi connectivity index (χ2n) is 18.2. The van der Waals surface area contributed by atoms with E-state index < -0.39 is 30.0 Å². The minimum Gasteiger partial charge on any atom is -0.470 e. The van der Waals surface area contributed by atoms with Gasteiger partial charge in [-0.2, -0.15) is 10.2 Å². The smallest absolute Gasteiger partial charge is 0.470 e. The van der Waals surface area contributed by atoms with Gasteiger partial charge < -0.3 is 41.2 Å². The van der Waals surface area contributed by atoms with Gasteiger partial charge in [0.2, 0.25) is 22.1 Å². The molecule has 4 heterocycles. The number of carbonyl (C=O) groups excluding carboxylic acids is 3. The summed E-state index contributed by atoms with van der Waals surface area (Å²) in [5, 5.41) is 47.3. The molecular formula is C51H56F3N13O6S2. The number of aromatic nitrogens is 8. The molecule has 75 heavy (non-hydrogen) atoms. The van der Waals surface area contributed by atoms with Crippen LogP contribution in [-0.4, -0.2) is 76.9 Å². The van der Waals surface area contributed by atoms with E-state index in [0.29, 0.717) is 57.9 Å². The van der Waals surface area contributed by atoms with Crippen LogP contribution in [0.5, 0.6) is 11.5 Å². The van der Waals surface area contributed by atoms with E-state index in [1.54, 1.807) is 57.2 Å². The molecule has 6 N–H and O–H groups in total. The number of amides is 3. The maximum Gasteiger partial charge on any atom is 0.573 e. The summed E-state index contributed by atoms with van der Waals surface area (Å²) in [5.41, 5.74) is 8.91. The third-order valence-electron chi connectivity index (χ3n) is 10.6. The van der Waals surface area contributed by atoms with E-state index in [1.807, 2.05) is 42.5 Å². The van der Waals surface area contributed by atoms with E-state index in [0.717, 1.165) is 59.1 Å². The summed E-state index contributed by atoms with van der Waals surface area (Å²) in [4.78, 5) is 38.7. The Bertz CT molecular complexity index is 2960. The van der Waals surface area contributed by atoms with Crippen LogP contribution < -0.4 is 36.5 Å². The molecule has 1 atom stereocenters. The number of nitrogens with one attached hydrogen (secondary N) is 4. The lowest BCUT2D eigenvalue weighted by Gasteiger charge is -2.22. The molecule has 1 unspecified atom stereocenters. The van der Waals surface area contributed by atoms with Gasteiger partial charge >= 0.3 is 12.5 Å². The summed E-state index contributed by atoms with van der Waals surface area (Å²) in [6.07, 6.45) is -0.546. The van der Waals surface area contributed by atoms with Crippen molar-refractivity contribution >= 4 is 62.5 Å². The minimum absolute atomic E-state index is 0.00533. The number of hydrogen-bond acceptors (Lipinski definition) is 18. The maximum absolute atomic E-state index is 13.5.